The molecular weight excluding hydrogens is 450 g/mol. The summed E-state index contributed by atoms with van der Waals surface area (Å²) in [6, 6.07) is 17.4. The lowest BCUT2D eigenvalue weighted by molar-refractivity contribution is -0.117. The SMILES string of the molecule is CC(=O)N(c1ccccc1)c1nc(CN(C)CC(=O)Nc2ccc(N3CCOCC3)cc2)cs1. The highest BCUT2D eigenvalue weighted by Crippen LogP contribution is 2.29. The number of anilines is 4. The number of carbonyl (C=O) groups excluding carboxylic acids is 2. The fourth-order valence-corrected chi connectivity index (χ4v) is 4.71. The quantitative estimate of drug-likeness (QED) is 0.530. The highest BCUT2D eigenvalue weighted by Gasteiger charge is 2.18. The van der Waals surface area contributed by atoms with E-state index >= 15 is 0 Å². The van der Waals surface area contributed by atoms with Crippen molar-refractivity contribution in [3.63, 3.8) is 0 Å². The van der Waals surface area contributed by atoms with Crippen molar-refractivity contribution in [1.29, 1.82) is 0 Å². The second-order valence-electron chi connectivity index (χ2n) is 8.18. The molecule has 0 unspecified atom stereocenters. The Morgan fingerprint density at radius 1 is 1.09 bits per heavy atom. The van der Waals surface area contributed by atoms with Gasteiger partial charge in [0.25, 0.3) is 0 Å². The zero-order valence-corrected chi connectivity index (χ0v) is 20.3. The number of rotatable bonds is 8. The number of para-hydroxylation sites is 1. The summed E-state index contributed by atoms with van der Waals surface area (Å²) < 4.78 is 5.40. The van der Waals surface area contributed by atoms with Crippen molar-refractivity contribution in [2.24, 2.45) is 0 Å². The molecular formula is C25H29N5O3S. The van der Waals surface area contributed by atoms with Crippen LogP contribution in [0.5, 0.6) is 0 Å². The van der Waals surface area contributed by atoms with E-state index in [2.05, 4.69) is 15.2 Å². The van der Waals surface area contributed by atoms with Gasteiger partial charge >= 0.3 is 0 Å². The number of likely N-dealkylation sites (N-methyl/N-ethyl adjacent to an activating group) is 1. The predicted molar refractivity (Wildman–Crippen MR) is 136 cm³/mol. The lowest BCUT2D eigenvalue weighted by Crippen LogP contribution is -2.36. The average molecular weight is 480 g/mol. The molecule has 1 aliphatic heterocycles. The van der Waals surface area contributed by atoms with Gasteiger partial charge in [-0.1, -0.05) is 18.2 Å². The van der Waals surface area contributed by atoms with Crippen LogP contribution >= 0.6 is 11.3 Å². The number of nitrogens with zero attached hydrogens (tertiary/aromatic N) is 4. The maximum absolute atomic E-state index is 12.5. The van der Waals surface area contributed by atoms with Crippen LogP contribution in [0.25, 0.3) is 0 Å². The average Bonchev–Trinajstić information content (AvgIpc) is 3.28. The number of nitrogens with one attached hydrogen (secondary N) is 1. The molecule has 8 nitrogen and oxygen atoms in total. The van der Waals surface area contributed by atoms with Gasteiger partial charge < -0.3 is 15.0 Å². The molecule has 1 aromatic heterocycles. The van der Waals surface area contributed by atoms with Crippen LogP contribution < -0.4 is 15.1 Å². The van der Waals surface area contributed by atoms with E-state index in [0.29, 0.717) is 11.7 Å². The summed E-state index contributed by atoms with van der Waals surface area (Å²) >= 11 is 1.41. The molecule has 0 bridgehead atoms. The summed E-state index contributed by atoms with van der Waals surface area (Å²) in [5.41, 5.74) is 3.50. The maximum Gasteiger partial charge on any atom is 0.238 e. The van der Waals surface area contributed by atoms with E-state index < -0.39 is 0 Å². The molecule has 1 aliphatic rings. The molecule has 34 heavy (non-hydrogen) atoms. The van der Waals surface area contributed by atoms with Gasteiger partial charge in [0.1, 0.15) is 0 Å². The molecule has 2 aromatic carbocycles. The van der Waals surface area contributed by atoms with Crippen molar-refractivity contribution in [3.05, 3.63) is 65.7 Å². The Hall–Kier alpha value is -3.27. The zero-order valence-electron chi connectivity index (χ0n) is 19.4. The highest BCUT2D eigenvalue weighted by molar-refractivity contribution is 7.14. The third-order valence-electron chi connectivity index (χ3n) is 5.43. The molecule has 4 rings (SSSR count). The van der Waals surface area contributed by atoms with Crippen molar-refractivity contribution in [3.8, 4) is 0 Å². The van der Waals surface area contributed by atoms with Gasteiger partial charge in [0, 0.05) is 43.3 Å². The van der Waals surface area contributed by atoms with Gasteiger partial charge in [0.2, 0.25) is 11.8 Å². The van der Waals surface area contributed by atoms with Gasteiger partial charge in [-0.05, 0) is 43.4 Å². The van der Waals surface area contributed by atoms with Crippen molar-refractivity contribution in [2.75, 3.05) is 55.0 Å². The number of hydrogen-bond donors (Lipinski definition) is 1. The number of amides is 2. The van der Waals surface area contributed by atoms with E-state index in [-0.39, 0.29) is 18.4 Å². The molecule has 0 saturated carbocycles. The van der Waals surface area contributed by atoms with Gasteiger partial charge in [0.05, 0.1) is 31.1 Å². The van der Waals surface area contributed by atoms with E-state index in [1.54, 1.807) is 4.90 Å². The molecule has 0 radical (unpaired) electrons. The molecule has 0 spiro atoms. The molecule has 0 atom stereocenters. The Balaban J connectivity index is 1.30. The maximum atomic E-state index is 12.5. The summed E-state index contributed by atoms with van der Waals surface area (Å²) in [6.07, 6.45) is 0. The van der Waals surface area contributed by atoms with Crippen molar-refractivity contribution < 1.29 is 14.3 Å². The summed E-state index contributed by atoms with van der Waals surface area (Å²) in [5, 5.41) is 5.50. The summed E-state index contributed by atoms with van der Waals surface area (Å²) in [6.45, 7) is 5.50. The van der Waals surface area contributed by atoms with Crippen LogP contribution in [0.2, 0.25) is 0 Å². The molecule has 1 fully saturated rings. The van der Waals surface area contributed by atoms with Gasteiger partial charge in [0.15, 0.2) is 5.13 Å². The third kappa shape index (κ3) is 6.19. The van der Waals surface area contributed by atoms with Gasteiger partial charge in [-0.2, -0.15) is 0 Å². The minimum atomic E-state index is -0.0977. The van der Waals surface area contributed by atoms with Crippen LogP contribution in [0, 0.1) is 0 Å². The highest BCUT2D eigenvalue weighted by atomic mass is 32.1. The van der Waals surface area contributed by atoms with E-state index in [4.69, 9.17) is 4.74 Å². The van der Waals surface area contributed by atoms with Crippen LogP contribution in [0.3, 0.4) is 0 Å². The number of benzene rings is 2. The van der Waals surface area contributed by atoms with Crippen LogP contribution in [0.4, 0.5) is 22.2 Å². The number of hydrogen-bond acceptors (Lipinski definition) is 7. The molecule has 9 heteroatoms. The first-order valence-corrected chi connectivity index (χ1v) is 12.1. The van der Waals surface area contributed by atoms with E-state index in [1.807, 2.05) is 71.9 Å². The number of ether oxygens (including phenoxy) is 1. The lowest BCUT2D eigenvalue weighted by atomic mass is 10.2. The number of thiazole rings is 1. The molecule has 2 heterocycles. The molecule has 3 aromatic rings. The number of aromatic nitrogens is 1. The largest absolute Gasteiger partial charge is 0.378 e. The van der Waals surface area contributed by atoms with Crippen molar-refractivity contribution >= 4 is 45.3 Å². The van der Waals surface area contributed by atoms with Crippen LogP contribution in [-0.4, -0.2) is 61.6 Å². The standard InChI is InChI=1S/C25H29N5O3S/c1-19(31)30(23-6-4-3-5-7-23)25-27-21(18-34-25)16-28(2)17-24(32)26-20-8-10-22(11-9-20)29-12-14-33-15-13-29/h3-11,18H,12-17H2,1-2H3,(H,26,32). The Morgan fingerprint density at radius 2 is 1.79 bits per heavy atom. The van der Waals surface area contributed by atoms with Gasteiger partial charge in [-0.15, -0.1) is 11.3 Å². The van der Waals surface area contributed by atoms with E-state index in [1.165, 1.54) is 18.3 Å². The minimum Gasteiger partial charge on any atom is -0.378 e. The Bertz CT molecular complexity index is 1100. The molecule has 1 N–H and O–H groups in total. The normalized spacial score (nSPS) is 13.7. The summed E-state index contributed by atoms with van der Waals surface area (Å²) in [5.74, 6) is -0.189. The van der Waals surface area contributed by atoms with Crippen LogP contribution in [0.15, 0.2) is 60.0 Å². The molecule has 1 saturated heterocycles. The monoisotopic (exact) mass is 479 g/mol. The number of carbonyl (C=O) groups is 2. The fraction of sp³-hybridized carbons (Fsp3) is 0.320. The first-order chi connectivity index (χ1) is 16.5. The predicted octanol–water partition coefficient (Wildman–Crippen LogP) is 3.73. The first-order valence-electron chi connectivity index (χ1n) is 11.2. The fourth-order valence-electron chi connectivity index (χ4n) is 3.83. The summed E-state index contributed by atoms with van der Waals surface area (Å²) in [7, 11) is 1.88. The van der Waals surface area contributed by atoms with Crippen LogP contribution in [0.1, 0.15) is 12.6 Å². The van der Waals surface area contributed by atoms with Crippen LogP contribution in [-0.2, 0) is 20.9 Å². The molecule has 2 amide bonds. The lowest BCUT2D eigenvalue weighted by Gasteiger charge is -2.28. The van der Waals surface area contributed by atoms with Gasteiger partial charge in [-0.25, -0.2) is 4.98 Å². The van der Waals surface area contributed by atoms with Gasteiger partial charge in [-0.3, -0.25) is 19.4 Å². The Morgan fingerprint density at radius 3 is 2.47 bits per heavy atom. The second kappa shape index (κ2) is 11.2. The second-order valence-corrected chi connectivity index (χ2v) is 9.01. The van der Waals surface area contributed by atoms with E-state index in [0.717, 1.165) is 49.1 Å². The first kappa shape index (κ1) is 23.9. The molecule has 0 aliphatic carbocycles. The number of morpholine rings is 1. The Labute approximate surface area is 203 Å². The summed E-state index contributed by atoms with van der Waals surface area (Å²) in [4.78, 5) is 35.2. The Kier molecular flexibility index (Phi) is 7.89. The van der Waals surface area contributed by atoms with Crippen molar-refractivity contribution in [1.82, 2.24) is 9.88 Å². The third-order valence-corrected chi connectivity index (χ3v) is 6.31. The smallest absolute Gasteiger partial charge is 0.238 e. The topological polar surface area (TPSA) is 78.0 Å². The van der Waals surface area contributed by atoms with Crippen molar-refractivity contribution in [2.45, 2.75) is 13.5 Å². The van der Waals surface area contributed by atoms with E-state index in [9.17, 15) is 9.59 Å². The minimum absolute atomic E-state index is 0.0910. The zero-order chi connectivity index (χ0) is 23.9. The molecule has 178 valence electrons.